The van der Waals surface area contributed by atoms with Crippen LogP contribution in [0.4, 0.5) is 0 Å². The summed E-state index contributed by atoms with van der Waals surface area (Å²) in [7, 11) is 0. The lowest BCUT2D eigenvalue weighted by Gasteiger charge is -2.00. The highest BCUT2D eigenvalue weighted by molar-refractivity contribution is 4.75. The second-order valence-electron chi connectivity index (χ2n) is 2.20. The van der Waals surface area contributed by atoms with Crippen LogP contribution < -0.4 is 10.6 Å². The van der Waals surface area contributed by atoms with E-state index in [0.717, 1.165) is 6.54 Å². The molecule has 2 nitrogen and oxygen atoms in total. The third-order valence-corrected chi connectivity index (χ3v) is 1.26. The van der Waals surface area contributed by atoms with Crippen LogP contribution in [0.3, 0.4) is 0 Å². The Morgan fingerprint density at radius 2 is 2.14 bits per heavy atom. The summed E-state index contributed by atoms with van der Waals surface area (Å²) in [6, 6.07) is 0.662. The fourth-order valence-corrected chi connectivity index (χ4v) is 0.898. The van der Waals surface area contributed by atoms with Crippen LogP contribution in [0.5, 0.6) is 0 Å². The van der Waals surface area contributed by atoms with Gasteiger partial charge in [0.25, 0.3) is 0 Å². The molecule has 0 saturated carbocycles. The van der Waals surface area contributed by atoms with Crippen LogP contribution in [-0.4, -0.2) is 18.8 Å². The predicted octanol–water partition coefficient (Wildman–Crippen LogP) is -0.0863. The average molecular weight is 100 g/mol. The van der Waals surface area contributed by atoms with E-state index in [9.17, 15) is 0 Å². The molecule has 2 heteroatoms. The Morgan fingerprint density at radius 1 is 1.43 bits per heavy atom. The first-order chi connectivity index (χ1) is 3.29. The number of nitrogens with one attached hydrogen (secondary N) is 2. The Kier molecular flexibility index (Phi) is 1.30. The van der Waals surface area contributed by atoms with Gasteiger partial charge in [0, 0.05) is 12.6 Å². The molecule has 0 aliphatic carbocycles. The van der Waals surface area contributed by atoms with Crippen LogP contribution in [0.25, 0.3) is 0 Å². The van der Waals surface area contributed by atoms with E-state index in [0.29, 0.717) is 12.2 Å². The largest absolute Gasteiger partial charge is 0.301 e. The molecule has 2 N–H and O–H groups in total. The zero-order valence-corrected chi connectivity index (χ0v) is 4.86. The van der Waals surface area contributed by atoms with Crippen molar-refractivity contribution >= 4 is 0 Å². The van der Waals surface area contributed by atoms with E-state index >= 15 is 0 Å². The topological polar surface area (TPSA) is 24.1 Å². The maximum atomic E-state index is 3.31. The van der Waals surface area contributed by atoms with Gasteiger partial charge in [-0.2, -0.15) is 0 Å². The Bertz CT molecular complexity index is 55.1. The minimum absolute atomic E-state index is 0.523. The van der Waals surface area contributed by atoms with Gasteiger partial charge < -0.3 is 5.32 Å². The van der Waals surface area contributed by atoms with Crippen LogP contribution in [-0.2, 0) is 0 Å². The summed E-state index contributed by atoms with van der Waals surface area (Å²) in [4.78, 5) is 0. The molecule has 0 radical (unpaired) electrons. The summed E-state index contributed by atoms with van der Waals surface area (Å²) in [6.45, 7) is 5.42. The summed E-state index contributed by atoms with van der Waals surface area (Å²) in [5, 5.41) is 6.56. The molecule has 1 fully saturated rings. The molecule has 1 aliphatic heterocycles. The molecule has 2 atom stereocenters. The average Bonchev–Trinajstić information content (AvgIpc) is 1.87. The summed E-state index contributed by atoms with van der Waals surface area (Å²) in [6.07, 6.45) is 0.523. The Morgan fingerprint density at radius 3 is 2.29 bits per heavy atom. The third-order valence-electron chi connectivity index (χ3n) is 1.26. The fraction of sp³-hybridized carbons (Fsp3) is 1.00. The van der Waals surface area contributed by atoms with Gasteiger partial charge in [-0.15, -0.1) is 0 Å². The molecule has 0 spiro atoms. The highest BCUT2D eigenvalue weighted by atomic mass is 15.2. The monoisotopic (exact) mass is 100 g/mol. The second kappa shape index (κ2) is 1.80. The van der Waals surface area contributed by atoms with Crippen LogP contribution in [0.2, 0.25) is 0 Å². The molecule has 1 aliphatic rings. The number of hydrogen-bond donors (Lipinski definition) is 2. The van der Waals surface area contributed by atoms with E-state index in [1.165, 1.54) is 0 Å². The van der Waals surface area contributed by atoms with Gasteiger partial charge in [-0.05, 0) is 13.8 Å². The Hall–Kier alpha value is -0.0800. The fourth-order valence-electron chi connectivity index (χ4n) is 0.898. The molecule has 0 aromatic heterocycles. The first-order valence-electron chi connectivity index (χ1n) is 2.78. The summed E-state index contributed by atoms with van der Waals surface area (Å²) in [5.74, 6) is 0. The van der Waals surface area contributed by atoms with Crippen molar-refractivity contribution in [2.24, 2.45) is 0 Å². The number of hydrogen-bond acceptors (Lipinski definition) is 2. The molecular formula is C5H12N2. The maximum Gasteiger partial charge on any atom is 0.0545 e. The van der Waals surface area contributed by atoms with E-state index in [-0.39, 0.29) is 0 Å². The highest BCUT2D eigenvalue weighted by Crippen LogP contribution is 1.89. The van der Waals surface area contributed by atoms with Crippen molar-refractivity contribution in [3.05, 3.63) is 0 Å². The number of rotatable bonds is 0. The van der Waals surface area contributed by atoms with E-state index < -0.39 is 0 Å². The van der Waals surface area contributed by atoms with Crippen molar-refractivity contribution in [3.8, 4) is 0 Å². The molecule has 42 valence electrons. The third kappa shape index (κ3) is 1.14. The summed E-state index contributed by atoms with van der Waals surface area (Å²) < 4.78 is 0. The van der Waals surface area contributed by atoms with Crippen molar-refractivity contribution in [2.45, 2.75) is 26.1 Å². The van der Waals surface area contributed by atoms with Crippen molar-refractivity contribution in [1.29, 1.82) is 0 Å². The Balaban J connectivity index is 2.26. The molecule has 7 heavy (non-hydrogen) atoms. The van der Waals surface area contributed by atoms with Crippen molar-refractivity contribution in [3.63, 3.8) is 0 Å². The van der Waals surface area contributed by atoms with Crippen molar-refractivity contribution in [2.75, 3.05) is 6.54 Å². The first-order valence-corrected chi connectivity index (χ1v) is 2.78. The lowest BCUT2D eigenvalue weighted by molar-refractivity contribution is 0.576. The first kappa shape index (κ1) is 5.06. The molecule has 0 aromatic carbocycles. The second-order valence-corrected chi connectivity index (χ2v) is 2.20. The van der Waals surface area contributed by atoms with Gasteiger partial charge in [0.2, 0.25) is 0 Å². The van der Waals surface area contributed by atoms with E-state index in [1.54, 1.807) is 0 Å². The summed E-state index contributed by atoms with van der Waals surface area (Å²) >= 11 is 0. The van der Waals surface area contributed by atoms with E-state index in [2.05, 4.69) is 24.5 Å². The summed E-state index contributed by atoms with van der Waals surface area (Å²) in [5.41, 5.74) is 0. The van der Waals surface area contributed by atoms with Crippen molar-refractivity contribution < 1.29 is 0 Å². The SMILES string of the molecule is C[C@H]1NC[C@H](C)N1. The standard InChI is InChI=1S/C5H12N2/c1-4-3-6-5(2)7-4/h4-7H,3H2,1-2H3/t4-,5-/m0/s1. The molecule has 1 heterocycles. The lowest BCUT2D eigenvalue weighted by Crippen LogP contribution is -2.28. The lowest BCUT2D eigenvalue weighted by atomic mass is 10.4. The molecular weight excluding hydrogens is 88.1 g/mol. The predicted molar refractivity (Wildman–Crippen MR) is 30.1 cm³/mol. The molecule has 0 bridgehead atoms. The maximum absolute atomic E-state index is 3.31. The normalized spacial score (nSPS) is 42.0. The van der Waals surface area contributed by atoms with Gasteiger partial charge in [-0.25, -0.2) is 0 Å². The van der Waals surface area contributed by atoms with Gasteiger partial charge in [0.05, 0.1) is 6.17 Å². The minimum atomic E-state index is 0.523. The molecule has 0 aromatic rings. The van der Waals surface area contributed by atoms with Gasteiger partial charge in [-0.1, -0.05) is 0 Å². The van der Waals surface area contributed by atoms with Gasteiger partial charge in [-0.3, -0.25) is 5.32 Å². The quantitative estimate of drug-likeness (QED) is 0.444. The minimum Gasteiger partial charge on any atom is -0.301 e. The van der Waals surface area contributed by atoms with Crippen molar-refractivity contribution in [1.82, 2.24) is 10.6 Å². The molecule has 1 saturated heterocycles. The molecule has 0 unspecified atom stereocenters. The van der Waals surface area contributed by atoms with Crippen LogP contribution in [0.1, 0.15) is 13.8 Å². The highest BCUT2D eigenvalue weighted by Gasteiger charge is 2.12. The van der Waals surface area contributed by atoms with Crippen LogP contribution in [0.15, 0.2) is 0 Å². The van der Waals surface area contributed by atoms with Crippen LogP contribution >= 0.6 is 0 Å². The van der Waals surface area contributed by atoms with Gasteiger partial charge >= 0.3 is 0 Å². The van der Waals surface area contributed by atoms with Crippen LogP contribution in [0, 0.1) is 0 Å². The van der Waals surface area contributed by atoms with Gasteiger partial charge in [0.15, 0.2) is 0 Å². The van der Waals surface area contributed by atoms with E-state index in [1.807, 2.05) is 0 Å². The van der Waals surface area contributed by atoms with E-state index in [4.69, 9.17) is 0 Å². The van der Waals surface area contributed by atoms with Gasteiger partial charge in [0.1, 0.15) is 0 Å². The zero-order chi connectivity index (χ0) is 5.28. The smallest absolute Gasteiger partial charge is 0.0545 e. The zero-order valence-electron chi connectivity index (χ0n) is 4.86. The molecule has 1 rings (SSSR count). The molecule has 0 amide bonds. The Labute approximate surface area is 44.3 Å².